The van der Waals surface area contributed by atoms with E-state index in [0.717, 1.165) is 0 Å². The highest BCUT2D eigenvalue weighted by molar-refractivity contribution is 6.30. The number of hydrogen-bond acceptors (Lipinski definition) is 5. The van der Waals surface area contributed by atoms with E-state index in [4.69, 9.17) is 21.1 Å². The van der Waals surface area contributed by atoms with E-state index in [1.807, 2.05) is 0 Å². The summed E-state index contributed by atoms with van der Waals surface area (Å²) in [4.78, 5) is 34.3. The second kappa shape index (κ2) is 10.6. The van der Waals surface area contributed by atoms with Gasteiger partial charge in [-0.15, -0.1) is 0 Å². The molecule has 0 radical (unpaired) electrons. The number of hydrogen-bond donors (Lipinski definition) is 2. The minimum absolute atomic E-state index is 0.0938. The number of nitrogens with one attached hydrogen (secondary N) is 1. The van der Waals surface area contributed by atoms with E-state index in [1.165, 1.54) is 0 Å². The highest BCUT2D eigenvalue weighted by atomic mass is 35.5. The maximum atomic E-state index is 11.7. The van der Waals surface area contributed by atoms with E-state index >= 15 is 0 Å². The van der Waals surface area contributed by atoms with E-state index in [1.54, 1.807) is 38.1 Å². The van der Waals surface area contributed by atoms with Crippen LogP contribution in [0.5, 0.6) is 0 Å². The van der Waals surface area contributed by atoms with Crippen molar-refractivity contribution >= 4 is 29.6 Å². The zero-order chi connectivity index (χ0) is 18.8. The van der Waals surface area contributed by atoms with Crippen molar-refractivity contribution < 1.29 is 29.0 Å². The van der Waals surface area contributed by atoms with Crippen molar-refractivity contribution in [2.24, 2.45) is 0 Å². The van der Waals surface area contributed by atoms with Gasteiger partial charge in [-0.25, -0.2) is 4.79 Å². The van der Waals surface area contributed by atoms with Gasteiger partial charge in [-0.1, -0.05) is 37.6 Å². The molecule has 0 aliphatic heterocycles. The largest absolute Gasteiger partial charge is 0.481 e. The third-order valence-electron chi connectivity index (χ3n) is 3.40. The van der Waals surface area contributed by atoms with Crippen LogP contribution in [0.3, 0.4) is 0 Å². The number of esters is 1. The van der Waals surface area contributed by atoms with Crippen molar-refractivity contribution in [2.45, 2.75) is 45.3 Å². The number of benzene rings is 1. The fourth-order valence-electron chi connectivity index (χ4n) is 2.03. The first kappa shape index (κ1) is 20.8. The van der Waals surface area contributed by atoms with Gasteiger partial charge in [0.2, 0.25) is 6.29 Å². The number of halogens is 1. The SMILES string of the molecule is CCC(=O)OC(CC)OC(=O)NCCC(C(=O)O)c1ccc(Cl)cc1. The van der Waals surface area contributed by atoms with Crippen LogP contribution in [0.25, 0.3) is 0 Å². The van der Waals surface area contributed by atoms with Crippen LogP contribution in [-0.4, -0.2) is 36.0 Å². The zero-order valence-corrected chi connectivity index (χ0v) is 14.9. The molecule has 2 unspecified atom stereocenters. The predicted octanol–water partition coefficient (Wildman–Crippen LogP) is 3.31. The molecule has 0 aliphatic rings. The molecule has 1 aromatic rings. The molecule has 1 rings (SSSR count). The van der Waals surface area contributed by atoms with Gasteiger partial charge in [0, 0.05) is 24.4 Å². The molecule has 0 fully saturated rings. The average molecular weight is 372 g/mol. The summed E-state index contributed by atoms with van der Waals surface area (Å²) in [7, 11) is 0. The van der Waals surface area contributed by atoms with E-state index < -0.39 is 30.2 Å². The molecule has 2 N–H and O–H groups in total. The Hall–Kier alpha value is -2.28. The molecule has 8 heteroatoms. The molecule has 0 aromatic heterocycles. The third kappa shape index (κ3) is 7.43. The lowest BCUT2D eigenvalue weighted by atomic mass is 9.96. The molecule has 2 atom stereocenters. The van der Waals surface area contributed by atoms with Gasteiger partial charge in [0.1, 0.15) is 0 Å². The zero-order valence-electron chi connectivity index (χ0n) is 14.2. The van der Waals surface area contributed by atoms with Crippen molar-refractivity contribution in [1.29, 1.82) is 0 Å². The summed E-state index contributed by atoms with van der Waals surface area (Å²) >= 11 is 5.79. The van der Waals surface area contributed by atoms with Gasteiger partial charge in [0.15, 0.2) is 0 Å². The summed E-state index contributed by atoms with van der Waals surface area (Å²) < 4.78 is 9.91. The molecule has 0 spiro atoms. The van der Waals surface area contributed by atoms with Gasteiger partial charge in [-0.05, 0) is 24.1 Å². The van der Waals surface area contributed by atoms with Gasteiger partial charge < -0.3 is 19.9 Å². The van der Waals surface area contributed by atoms with E-state index in [2.05, 4.69) is 5.32 Å². The number of ether oxygens (including phenoxy) is 2. The summed E-state index contributed by atoms with van der Waals surface area (Å²) in [6, 6.07) is 6.50. The minimum Gasteiger partial charge on any atom is -0.481 e. The van der Waals surface area contributed by atoms with Crippen LogP contribution in [0.1, 0.15) is 44.6 Å². The van der Waals surface area contributed by atoms with Crippen molar-refractivity contribution in [1.82, 2.24) is 5.32 Å². The number of carbonyl (C=O) groups is 3. The van der Waals surface area contributed by atoms with Gasteiger partial charge >= 0.3 is 18.0 Å². The van der Waals surface area contributed by atoms with Gasteiger partial charge in [0.05, 0.1) is 5.92 Å². The van der Waals surface area contributed by atoms with Crippen LogP contribution in [0.15, 0.2) is 24.3 Å². The van der Waals surface area contributed by atoms with Crippen molar-refractivity contribution in [3.05, 3.63) is 34.9 Å². The Balaban J connectivity index is 2.49. The van der Waals surface area contributed by atoms with Crippen LogP contribution < -0.4 is 5.32 Å². The number of amides is 1. The molecule has 7 nitrogen and oxygen atoms in total. The summed E-state index contributed by atoms with van der Waals surface area (Å²) in [5.41, 5.74) is 0.593. The molecule has 0 heterocycles. The molecular weight excluding hydrogens is 350 g/mol. The lowest BCUT2D eigenvalue weighted by Gasteiger charge is -2.17. The average Bonchev–Trinajstić information content (AvgIpc) is 2.58. The topological polar surface area (TPSA) is 102 Å². The summed E-state index contributed by atoms with van der Waals surface area (Å²) in [5.74, 6) is -2.24. The fraction of sp³-hybridized carbons (Fsp3) is 0.471. The van der Waals surface area contributed by atoms with Crippen LogP contribution in [0, 0.1) is 0 Å². The van der Waals surface area contributed by atoms with Gasteiger partial charge in [-0.2, -0.15) is 0 Å². The van der Waals surface area contributed by atoms with Gasteiger partial charge in [0.25, 0.3) is 0 Å². The second-order valence-electron chi connectivity index (χ2n) is 5.24. The van der Waals surface area contributed by atoms with Gasteiger partial charge in [-0.3, -0.25) is 9.59 Å². The van der Waals surface area contributed by atoms with Crippen LogP contribution >= 0.6 is 11.6 Å². The number of carbonyl (C=O) groups excluding carboxylic acids is 2. The number of rotatable bonds is 9. The third-order valence-corrected chi connectivity index (χ3v) is 3.65. The predicted molar refractivity (Wildman–Crippen MR) is 91.4 cm³/mol. The van der Waals surface area contributed by atoms with Crippen molar-refractivity contribution in [3.8, 4) is 0 Å². The van der Waals surface area contributed by atoms with Crippen LogP contribution in [0.4, 0.5) is 4.79 Å². The Morgan fingerprint density at radius 2 is 1.80 bits per heavy atom. The number of carboxylic acids is 1. The minimum atomic E-state index is -0.999. The highest BCUT2D eigenvalue weighted by Crippen LogP contribution is 2.21. The Bertz CT molecular complexity index is 589. The Kier molecular flexibility index (Phi) is 8.77. The Labute approximate surface area is 151 Å². The maximum Gasteiger partial charge on any atom is 0.410 e. The van der Waals surface area contributed by atoms with Crippen molar-refractivity contribution in [2.75, 3.05) is 6.54 Å². The molecule has 0 aliphatic carbocycles. The lowest BCUT2D eigenvalue weighted by Crippen LogP contribution is -2.32. The Morgan fingerprint density at radius 3 is 2.32 bits per heavy atom. The van der Waals surface area contributed by atoms with Crippen LogP contribution in [-0.2, 0) is 19.1 Å². The fourth-order valence-corrected chi connectivity index (χ4v) is 2.15. The van der Waals surface area contributed by atoms with Crippen LogP contribution in [0.2, 0.25) is 5.02 Å². The number of alkyl carbamates (subject to hydrolysis) is 1. The molecular formula is C17H22ClNO6. The molecule has 0 saturated carbocycles. The Morgan fingerprint density at radius 1 is 1.16 bits per heavy atom. The molecule has 1 aromatic carbocycles. The lowest BCUT2D eigenvalue weighted by molar-refractivity contribution is -0.167. The monoisotopic (exact) mass is 371 g/mol. The van der Waals surface area contributed by atoms with E-state index in [9.17, 15) is 19.5 Å². The first-order valence-corrected chi connectivity index (χ1v) is 8.37. The van der Waals surface area contributed by atoms with Crippen molar-refractivity contribution in [3.63, 3.8) is 0 Å². The molecule has 138 valence electrons. The second-order valence-corrected chi connectivity index (χ2v) is 5.68. The molecule has 1 amide bonds. The van der Waals surface area contributed by atoms with E-state index in [0.29, 0.717) is 17.0 Å². The standard InChI is InChI=1S/C17H22ClNO6/c1-3-14(20)24-15(4-2)25-17(23)19-10-9-13(16(21)22)11-5-7-12(18)8-6-11/h5-8,13,15H,3-4,9-10H2,1-2H3,(H,19,23)(H,21,22). The number of aliphatic carboxylic acids is 1. The summed E-state index contributed by atoms with van der Waals surface area (Å²) in [6.07, 6.45) is -1.04. The molecule has 0 bridgehead atoms. The molecule has 0 saturated heterocycles. The van der Waals surface area contributed by atoms with E-state index in [-0.39, 0.29) is 19.4 Å². The summed E-state index contributed by atoms with van der Waals surface area (Å²) in [6.45, 7) is 3.44. The molecule has 25 heavy (non-hydrogen) atoms. The number of carboxylic acid groups (broad SMARTS) is 1. The quantitative estimate of drug-likeness (QED) is 0.510. The summed E-state index contributed by atoms with van der Waals surface area (Å²) in [5, 5.41) is 12.3. The maximum absolute atomic E-state index is 11.7. The smallest absolute Gasteiger partial charge is 0.410 e. The highest BCUT2D eigenvalue weighted by Gasteiger charge is 2.21. The first-order chi connectivity index (χ1) is 11.9. The first-order valence-electron chi connectivity index (χ1n) is 7.99. The normalized spacial score (nSPS) is 12.8.